The predicted molar refractivity (Wildman–Crippen MR) is 111 cm³/mol. The largest absolute Gasteiger partial charge is 0.370 e. The maximum atomic E-state index is 5.50. The number of rotatable bonds is 7. The summed E-state index contributed by atoms with van der Waals surface area (Å²) in [4.78, 5) is 1.62. The fraction of sp³-hybridized carbons (Fsp3) is 0.435. The number of quaternary nitrogens is 2. The Balaban J connectivity index is 1.41. The van der Waals surface area contributed by atoms with E-state index in [4.69, 9.17) is 9.26 Å². The molecule has 3 heterocycles. The third-order valence-electron chi connectivity index (χ3n) is 5.87. The topological polar surface area (TPSA) is 61.2 Å². The van der Waals surface area contributed by atoms with Crippen molar-refractivity contribution in [3.8, 4) is 5.82 Å². The average Bonchev–Trinajstić information content (AvgIpc) is 3.26. The van der Waals surface area contributed by atoms with E-state index >= 15 is 0 Å². The van der Waals surface area contributed by atoms with Crippen LogP contribution in [-0.2, 0) is 24.4 Å². The van der Waals surface area contributed by atoms with Gasteiger partial charge < -0.3 is 19.5 Å². The van der Waals surface area contributed by atoms with Crippen molar-refractivity contribution in [2.45, 2.75) is 40.4 Å². The van der Waals surface area contributed by atoms with Crippen molar-refractivity contribution in [1.82, 2.24) is 9.72 Å². The first-order valence-corrected chi connectivity index (χ1v) is 10.5. The number of morpholine rings is 1. The van der Waals surface area contributed by atoms with Crippen molar-refractivity contribution < 1.29 is 19.5 Å². The normalized spacial score (nSPS) is 15.1. The van der Waals surface area contributed by atoms with E-state index in [-0.39, 0.29) is 0 Å². The van der Waals surface area contributed by atoms with Gasteiger partial charge in [0.15, 0.2) is 5.82 Å². The minimum atomic E-state index is 0.833. The molecule has 0 atom stereocenters. The lowest BCUT2D eigenvalue weighted by atomic mass is 10.1. The van der Waals surface area contributed by atoms with E-state index in [0.29, 0.717) is 0 Å². The van der Waals surface area contributed by atoms with Gasteiger partial charge in [-0.3, -0.25) is 4.57 Å². The minimum absolute atomic E-state index is 0.833. The second-order valence-corrected chi connectivity index (χ2v) is 8.03. The van der Waals surface area contributed by atoms with Crippen LogP contribution in [0.15, 0.2) is 40.9 Å². The molecule has 0 spiro atoms. The quantitative estimate of drug-likeness (QED) is 0.628. The molecule has 0 aliphatic carbocycles. The lowest BCUT2D eigenvalue weighted by Gasteiger charge is -2.24. The molecule has 1 aliphatic heterocycles. The van der Waals surface area contributed by atoms with Crippen molar-refractivity contribution in [2.75, 3.05) is 26.3 Å². The molecule has 6 heteroatoms. The molecule has 3 N–H and O–H groups in total. The van der Waals surface area contributed by atoms with Gasteiger partial charge in [0, 0.05) is 34.1 Å². The Labute approximate surface area is 172 Å². The molecular formula is C23H32N4O2+2. The van der Waals surface area contributed by atoms with Gasteiger partial charge in [-0.1, -0.05) is 29.4 Å². The highest BCUT2D eigenvalue weighted by Gasteiger charge is 2.17. The number of hydrogen-bond donors (Lipinski definition) is 2. The zero-order chi connectivity index (χ0) is 20.2. The summed E-state index contributed by atoms with van der Waals surface area (Å²) in [7, 11) is 0. The summed E-state index contributed by atoms with van der Waals surface area (Å²) in [6.07, 6.45) is 0. The fourth-order valence-corrected chi connectivity index (χ4v) is 4.27. The standard InChI is InChI=1S/C23H30N4O2/c1-17-12-22(19(3)27(17)23-13-18(2)29-25-23)15-24-14-20-6-4-5-7-21(20)16-26-8-10-28-11-9-26/h4-7,12-13,24H,8-11,14-16H2,1-3H3/p+2. The smallest absolute Gasteiger partial charge is 0.180 e. The molecule has 0 bridgehead atoms. The maximum absolute atomic E-state index is 5.50. The SMILES string of the molecule is Cc1cc(-n2c(C)cc(C[NH2+]Cc3ccccc3C[NH+]3CCOCC3)c2C)no1. The van der Waals surface area contributed by atoms with Crippen molar-refractivity contribution in [1.29, 1.82) is 0 Å². The Morgan fingerprint density at radius 1 is 1.00 bits per heavy atom. The van der Waals surface area contributed by atoms with Crippen molar-refractivity contribution in [2.24, 2.45) is 0 Å². The fourth-order valence-electron chi connectivity index (χ4n) is 4.27. The van der Waals surface area contributed by atoms with E-state index in [1.54, 1.807) is 4.90 Å². The van der Waals surface area contributed by atoms with E-state index in [9.17, 15) is 0 Å². The Hall–Kier alpha value is -2.41. The molecule has 1 saturated heterocycles. The van der Waals surface area contributed by atoms with E-state index < -0.39 is 0 Å². The van der Waals surface area contributed by atoms with Gasteiger partial charge >= 0.3 is 0 Å². The van der Waals surface area contributed by atoms with Gasteiger partial charge in [0.25, 0.3) is 0 Å². The maximum Gasteiger partial charge on any atom is 0.180 e. The Bertz CT molecular complexity index is 954. The predicted octanol–water partition coefficient (Wildman–Crippen LogP) is 1.07. The molecule has 2 aromatic heterocycles. The van der Waals surface area contributed by atoms with E-state index in [1.807, 2.05) is 13.0 Å². The first kappa shape index (κ1) is 19.9. The zero-order valence-electron chi connectivity index (χ0n) is 17.7. The minimum Gasteiger partial charge on any atom is -0.370 e. The van der Waals surface area contributed by atoms with Crippen molar-refractivity contribution in [3.05, 3.63) is 70.2 Å². The first-order valence-electron chi connectivity index (χ1n) is 10.5. The number of ether oxygens (including phenoxy) is 1. The lowest BCUT2D eigenvalue weighted by molar-refractivity contribution is -0.921. The van der Waals surface area contributed by atoms with Gasteiger partial charge in [-0.25, -0.2) is 0 Å². The number of nitrogens with one attached hydrogen (secondary N) is 1. The number of benzene rings is 1. The molecule has 1 aromatic carbocycles. The summed E-state index contributed by atoms with van der Waals surface area (Å²) in [5, 5.41) is 6.58. The van der Waals surface area contributed by atoms with E-state index in [2.05, 4.69) is 59.2 Å². The molecular weight excluding hydrogens is 364 g/mol. The van der Waals surface area contributed by atoms with Crippen LogP contribution in [0.1, 0.15) is 33.8 Å². The van der Waals surface area contributed by atoms with Gasteiger partial charge in [-0.2, -0.15) is 0 Å². The van der Waals surface area contributed by atoms with Gasteiger partial charge in [0.2, 0.25) is 0 Å². The van der Waals surface area contributed by atoms with Gasteiger partial charge in [0.05, 0.1) is 13.2 Å². The van der Waals surface area contributed by atoms with Crippen LogP contribution in [0.4, 0.5) is 0 Å². The molecule has 0 saturated carbocycles. The second-order valence-electron chi connectivity index (χ2n) is 8.03. The number of nitrogens with two attached hydrogens (primary N) is 1. The molecule has 0 radical (unpaired) electrons. The zero-order valence-corrected chi connectivity index (χ0v) is 17.7. The molecule has 0 unspecified atom stereocenters. The van der Waals surface area contributed by atoms with Crippen LogP contribution in [0.3, 0.4) is 0 Å². The molecule has 29 heavy (non-hydrogen) atoms. The van der Waals surface area contributed by atoms with Crippen LogP contribution in [-0.4, -0.2) is 36.0 Å². The Morgan fingerprint density at radius 3 is 2.45 bits per heavy atom. The number of hydrogen-bond acceptors (Lipinski definition) is 3. The summed E-state index contributed by atoms with van der Waals surface area (Å²) in [6.45, 7) is 13.2. The summed E-state index contributed by atoms with van der Waals surface area (Å²) in [5.41, 5.74) is 6.67. The number of aromatic nitrogens is 2. The molecule has 1 fully saturated rings. The summed E-state index contributed by atoms with van der Waals surface area (Å²) in [5.74, 6) is 1.70. The lowest BCUT2D eigenvalue weighted by Crippen LogP contribution is -3.12. The van der Waals surface area contributed by atoms with Crippen LogP contribution in [0.5, 0.6) is 0 Å². The van der Waals surface area contributed by atoms with Crippen LogP contribution >= 0.6 is 0 Å². The summed E-state index contributed by atoms with van der Waals surface area (Å²) in [6, 6.07) is 13.1. The third kappa shape index (κ3) is 4.61. The summed E-state index contributed by atoms with van der Waals surface area (Å²) < 4.78 is 12.9. The summed E-state index contributed by atoms with van der Waals surface area (Å²) >= 11 is 0. The average molecular weight is 397 g/mol. The van der Waals surface area contributed by atoms with E-state index in [0.717, 1.165) is 57.5 Å². The number of aryl methyl sites for hydroxylation is 2. The van der Waals surface area contributed by atoms with Crippen LogP contribution < -0.4 is 10.2 Å². The second kappa shape index (κ2) is 8.95. The monoisotopic (exact) mass is 396 g/mol. The van der Waals surface area contributed by atoms with Crippen molar-refractivity contribution >= 4 is 0 Å². The molecule has 6 nitrogen and oxygen atoms in total. The van der Waals surface area contributed by atoms with Crippen LogP contribution in [0.25, 0.3) is 5.82 Å². The number of nitrogens with zero attached hydrogens (tertiary/aromatic N) is 2. The van der Waals surface area contributed by atoms with Gasteiger partial charge in [-0.05, 0) is 26.8 Å². The third-order valence-corrected chi connectivity index (χ3v) is 5.87. The highest BCUT2D eigenvalue weighted by atomic mass is 16.5. The Morgan fingerprint density at radius 2 is 1.72 bits per heavy atom. The molecule has 4 rings (SSSR count). The van der Waals surface area contributed by atoms with Crippen LogP contribution in [0.2, 0.25) is 0 Å². The van der Waals surface area contributed by atoms with Crippen molar-refractivity contribution in [3.63, 3.8) is 0 Å². The highest BCUT2D eigenvalue weighted by Crippen LogP contribution is 2.20. The van der Waals surface area contributed by atoms with Gasteiger partial charge in [-0.15, -0.1) is 0 Å². The highest BCUT2D eigenvalue weighted by molar-refractivity contribution is 5.36. The van der Waals surface area contributed by atoms with Gasteiger partial charge in [0.1, 0.15) is 38.5 Å². The molecule has 1 aliphatic rings. The molecule has 154 valence electrons. The van der Waals surface area contributed by atoms with E-state index in [1.165, 1.54) is 28.1 Å². The molecule has 3 aromatic rings. The Kier molecular flexibility index (Phi) is 6.13. The first-order chi connectivity index (χ1) is 14.1. The van der Waals surface area contributed by atoms with Crippen LogP contribution in [0, 0.1) is 20.8 Å². The molecule has 0 amide bonds.